The summed E-state index contributed by atoms with van der Waals surface area (Å²) in [6, 6.07) is 12.7. The van der Waals surface area contributed by atoms with Crippen molar-refractivity contribution in [3.8, 4) is 11.5 Å². The van der Waals surface area contributed by atoms with E-state index in [2.05, 4.69) is 26.8 Å². The molecule has 2 atom stereocenters. The van der Waals surface area contributed by atoms with Crippen molar-refractivity contribution in [2.24, 2.45) is 0 Å². The van der Waals surface area contributed by atoms with E-state index in [4.69, 9.17) is 9.47 Å². The first-order valence-corrected chi connectivity index (χ1v) is 8.59. The Hall–Kier alpha value is -2.61. The molecular formula is C18H18BrFN2O4. The lowest BCUT2D eigenvalue weighted by atomic mass is 10.3. The highest BCUT2D eigenvalue weighted by atomic mass is 79.9. The van der Waals surface area contributed by atoms with Gasteiger partial charge < -0.3 is 9.47 Å². The van der Waals surface area contributed by atoms with Crippen LogP contribution in [0.5, 0.6) is 11.5 Å². The van der Waals surface area contributed by atoms with Crippen molar-refractivity contribution in [2.45, 2.75) is 26.1 Å². The summed E-state index contributed by atoms with van der Waals surface area (Å²) in [5.41, 5.74) is 4.47. The molecule has 6 nitrogen and oxygen atoms in total. The van der Waals surface area contributed by atoms with Crippen LogP contribution in [0.4, 0.5) is 4.39 Å². The van der Waals surface area contributed by atoms with Gasteiger partial charge in [0.2, 0.25) is 0 Å². The molecule has 0 fully saturated rings. The van der Waals surface area contributed by atoms with Gasteiger partial charge in [0.05, 0.1) is 0 Å². The molecule has 0 aliphatic heterocycles. The fourth-order valence-corrected chi connectivity index (χ4v) is 2.15. The van der Waals surface area contributed by atoms with Crippen LogP contribution in [0.25, 0.3) is 0 Å². The number of halogens is 2. The number of carbonyl (C=O) groups excluding carboxylic acids is 2. The predicted octanol–water partition coefficient (Wildman–Crippen LogP) is 2.97. The number of benzene rings is 2. The van der Waals surface area contributed by atoms with Crippen molar-refractivity contribution >= 4 is 27.7 Å². The van der Waals surface area contributed by atoms with Crippen molar-refractivity contribution in [3.63, 3.8) is 0 Å². The average Bonchev–Trinajstić information content (AvgIpc) is 2.63. The number of ether oxygens (including phenoxy) is 2. The van der Waals surface area contributed by atoms with E-state index < -0.39 is 29.8 Å². The first-order valence-electron chi connectivity index (χ1n) is 7.80. The van der Waals surface area contributed by atoms with E-state index in [0.717, 1.165) is 4.47 Å². The normalized spacial score (nSPS) is 12.6. The van der Waals surface area contributed by atoms with E-state index in [-0.39, 0.29) is 5.75 Å². The number of para-hydroxylation sites is 1. The molecule has 0 spiro atoms. The molecular weight excluding hydrogens is 407 g/mol. The van der Waals surface area contributed by atoms with Crippen LogP contribution in [-0.2, 0) is 9.59 Å². The summed E-state index contributed by atoms with van der Waals surface area (Å²) in [5, 5.41) is 0. The maximum absolute atomic E-state index is 13.5. The zero-order valence-corrected chi connectivity index (χ0v) is 15.7. The van der Waals surface area contributed by atoms with E-state index in [1.807, 2.05) is 0 Å². The maximum atomic E-state index is 13.5. The Morgan fingerprint density at radius 3 is 2.04 bits per heavy atom. The van der Waals surface area contributed by atoms with Crippen LogP contribution in [0.1, 0.15) is 13.8 Å². The number of rotatable bonds is 6. The van der Waals surface area contributed by atoms with Gasteiger partial charge in [0.25, 0.3) is 11.8 Å². The van der Waals surface area contributed by atoms with Crippen molar-refractivity contribution < 1.29 is 23.5 Å². The SMILES string of the molecule is CC(Oc1ccc(Br)cc1)C(=O)NNC(=O)C(C)Oc1ccccc1F. The van der Waals surface area contributed by atoms with Crippen LogP contribution in [0.2, 0.25) is 0 Å². The van der Waals surface area contributed by atoms with Crippen LogP contribution in [-0.4, -0.2) is 24.0 Å². The number of carbonyl (C=O) groups is 2. The molecule has 0 bridgehead atoms. The predicted molar refractivity (Wildman–Crippen MR) is 97.0 cm³/mol. The first-order chi connectivity index (χ1) is 12.4. The highest BCUT2D eigenvalue weighted by Gasteiger charge is 2.19. The Morgan fingerprint density at radius 2 is 1.46 bits per heavy atom. The minimum Gasteiger partial charge on any atom is -0.481 e. The van der Waals surface area contributed by atoms with Gasteiger partial charge in [0, 0.05) is 4.47 Å². The summed E-state index contributed by atoms with van der Waals surface area (Å²) >= 11 is 3.31. The zero-order chi connectivity index (χ0) is 19.1. The summed E-state index contributed by atoms with van der Waals surface area (Å²) in [7, 11) is 0. The molecule has 0 heterocycles. The molecule has 2 unspecified atom stereocenters. The van der Waals surface area contributed by atoms with Gasteiger partial charge in [-0.2, -0.15) is 0 Å². The average molecular weight is 425 g/mol. The molecule has 0 radical (unpaired) electrons. The van der Waals surface area contributed by atoms with Gasteiger partial charge >= 0.3 is 0 Å². The van der Waals surface area contributed by atoms with E-state index in [9.17, 15) is 14.0 Å². The molecule has 0 saturated heterocycles. The van der Waals surface area contributed by atoms with Crippen molar-refractivity contribution in [3.05, 3.63) is 58.8 Å². The third kappa shape index (κ3) is 5.73. The zero-order valence-electron chi connectivity index (χ0n) is 14.2. The number of amides is 2. The largest absolute Gasteiger partial charge is 0.481 e. The smallest absolute Gasteiger partial charge is 0.279 e. The molecule has 0 aliphatic carbocycles. The molecule has 0 aromatic heterocycles. The lowest BCUT2D eigenvalue weighted by molar-refractivity contribution is -0.135. The van der Waals surface area contributed by atoms with Crippen molar-refractivity contribution in [2.75, 3.05) is 0 Å². The number of hydrogen-bond acceptors (Lipinski definition) is 4. The molecule has 26 heavy (non-hydrogen) atoms. The maximum Gasteiger partial charge on any atom is 0.279 e. The second-order valence-corrected chi connectivity index (χ2v) is 6.30. The fraction of sp³-hybridized carbons (Fsp3) is 0.222. The summed E-state index contributed by atoms with van der Waals surface area (Å²) < 4.78 is 25.1. The highest BCUT2D eigenvalue weighted by molar-refractivity contribution is 9.10. The van der Waals surface area contributed by atoms with Crippen LogP contribution in [0.15, 0.2) is 53.0 Å². The Labute approximate surface area is 158 Å². The van der Waals surface area contributed by atoms with Gasteiger partial charge in [-0.25, -0.2) is 4.39 Å². The molecule has 8 heteroatoms. The molecule has 0 saturated carbocycles. The molecule has 2 amide bonds. The summed E-state index contributed by atoms with van der Waals surface area (Å²) in [5.74, 6) is -1.28. The van der Waals surface area contributed by atoms with Crippen molar-refractivity contribution in [1.29, 1.82) is 0 Å². The van der Waals surface area contributed by atoms with Crippen molar-refractivity contribution in [1.82, 2.24) is 10.9 Å². The lowest BCUT2D eigenvalue weighted by Crippen LogP contribution is -2.50. The summed E-state index contributed by atoms with van der Waals surface area (Å²) in [6.07, 6.45) is -1.84. The summed E-state index contributed by atoms with van der Waals surface area (Å²) in [6.45, 7) is 2.98. The third-order valence-corrected chi connectivity index (χ3v) is 3.84. The fourth-order valence-electron chi connectivity index (χ4n) is 1.88. The third-order valence-electron chi connectivity index (χ3n) is 3.31. The Morgan fingerprint density at radius 1 is 0.923 bits per heavy atom. The Kier molecular flexibility index (Phi) is 6.97. The van der Waals surface area contributed by atoms with Gasteiger partial charge in [-0.3, -0.25) is 20.4 Å². The number of hydrogen-bond donors (Lipinski definition) is 2. The minimum atomic E-state index is -1.00. The van der Waals surface area contributed by atoms with Gasteiger partial charge in [0.1, 0.15) is 5.75 Å². The standard InChI is InChI=1S/C18H18BrFN2O4/c1-11(25-14-9-7-13(19)8-10-14)17(23)21-22-18(24)12(2)26-16-6-4-3-5-15(16)20/h3-12H,1-2H3,(H,21,23)(H,22,24). The van der Waals surface area contributed by atoms with Gasteiger partial charge in [-0.05, 0) is 50.2 Å². The minimum absolute atomic E-state index is 0.0478. The van der Waals surface area contributed by atoms with E-state index in [1.54, 1.807) is 37.3 Å². The quantitative estimate of drug-likeness (QED) is 0.698. The lowest BCUT2D eigenvalue weighted by Gasteiger charge is -2.18. The molecule has 0 aliphatic rings. The molecule has 2 aromatic carbocycles. The molecule has 138 valence electrons. The molecule has 2 aromatic rings. The Balaban J connectivity index is 1.81. The summed E-state index contributed by atoms with van der Waals surface area (Å²) in [4.78, 5) is 24.0. The van der Waals surface area contributed by atoms with Crippen LogP contribution >= 0.6 is 15.9 Å². The van der Waals surface area contributed by atoms with Crippen LogP contribution < -0.4 is 20.3 Å². The van der Waals surface area contributed by atoms with Crippen LogP contribution in [0.3, 0.4) is 0 Å². The van der Waals surface area contributed by atoms with Gasteiger partial charge in [-0.1, -0.05) is 28.1 Å². The second kappa shape index (κ2) is 9.19. The van der Waals surface area contributed by atoms with Crippen LogP contribution in [0, 0.1) is 5.82 Å². The number of nitrogens with one attached hydrogen (secondary N) is 2. The molecule has 2 N–H and O–H groups in total. The monoisotopic (exact) mass is 424 g/mol. The van der Waals surface area contributed by atoms with E-state index >= 15 is 0 Å². The van der Waals surface area contributed by atoms with E-state index in [0.29, 0.717) is 5.75 Å². The van der Waals surface area contributed by atoms with Gasteiger partial charge in [-0.15, -0.1) is 0 Å². The number of hydrazine groups is 1. The van der Waals surface area contributed by atoms with E-state index in [1.165, 1.54) is 25.1 Å². The van der Waals surface area contributed by atoms with Gasteiger partial charge in [0.15, 0.2) is 23.8 Å². The first kappa shape index (κ1) is 19.7. The topological polar surface area (TPSA) is 76.7 Å². The molecule has 2 rings (SSSR count). The highest BCUT2D eigenvalue weighted by Crippen LogP contribution is 2.18. The second-order valence-electron chi connectivity index (χ2n) is 5.38. The Bertz CT molecular complexity index is 770.